The number of nitrogens with one attached hydrogen (secondary N) is 1. The van der Waals surface area contributed by atoms with E-state index in [-0.39, 0.29) is 23.8 Å². The number of carbonyl (C=O) groups is 1. The van der Waals surface area contributed by atoms with Crippen molar-refractivity contribution in [2.75, 3.05) is 11.9 Å². The van der Waals surface area contributed by atoms with E-state index < -0.39 is 11.8 Å². The Bertz CT molecular complexity index is 1250. The monoisotopic (exact) mass is 421 g/mol. The van der Waals surface area contributed by atoms with Crippen LogP contribution in [0.25, 0.3) is 10.9 Å². The fourth-order valence-corrected chi connectivity index (χ4v) is 3.53. The Balaban J connectivity index is 1.90. The number of pyridine rings is 1. The van der Waals surface area contributed by atoms with Crippen molar-refractivity contribution in [1.82, 2.24) is 9.55 Å². The number of esters is 1. The molecule has 4 aromatic rings. The van der Waals surface area contributed by atoms with Gasteiger partial charge in [-0.3, -0.25) is 4.98 Å². The number of carbonyl (C=O) groups excluding carboxylic acids is 1. The summed E-state index contributed by atoms with van der Waals surface area (Å²) in [5.74, 6) is -1.32. The molecule has 0 saturated carbocycles. The van der Waals surface area contributed by atoms with Crippen LogP contribution in [0.2, 0.25) is 0 Å². The van der Waals surface area contributed by atoms with Gasteiger partial charge in [0.2, 0.25) is 0 Å². The highest BCUT2D eigenvalue weighted by Gasteiger charge is 2.25. The molecule has 0 unspecified atom stereocenters. The lowest BCUT2D eigenvalue weighted by Crippen LogP contribution is -2.15. The molecule has 0 aliphatic carbocycles. The zero-order valence-electron chi connectivity index (χ0n) is 17.2. The molecule has 31 heavy (non-hydrogen) atoms. The van der Waals surface area contributed by atoms with Crippen molar-refractivity contribution in [2.24, 2.45) is 0 Å². The summed E-state index contributed by atoms with van der Waals surface area (Å²) >= 11 is 0. The summed E-state index contributed by atoms with van der Waals surface area (Å²) in [6.45, 7) is 4.01. The lowest BCUT2D eigenvalue weighted by atomic mass is 10.2. The van der Waals surface area contributed by atoms with E-state index in [0.717, 1.165) is 16.6 Å². The largest absolute Gasteiger partial charge is 0.461 e. The van der Waals surface area contributed by atoms with Crippen LogP contribution in [0.3, 0.4) is 0 Å². The molecule has 0 aliphatic heterocycles. The number of rotatable bonds is 6. The minimum Gasteiger partial charge on any atom is -0.461 e. The normalized spacial score (nSPS) is 11.0. The van der Waals surface area contributed by atoms with E-state index in [1.165, 1.54) is 18.2 Å². The van der Waals surface area contributed by atoms with E-state index >= 15 is 0 Å². The summed E-state index contributed by atoms with van der Waals surface area (Å²) in [6.07, 6.45) is 3.24. The van der Waals surface area contributed by atoms with Crippen LogP contribution in [0.15, 0.2) is 60.9 Å². The Kier molecular flexibility index (Phi) is 5.66. The van der Waals surface area contributed by atoms with Crippen LogP contribution in [0, 0.1) is 18.6 Å². The summed E-state index contributed by atoms with van der Waals surface area (Å²) in [7, 11) is 0. The summed E-state index contributed by atoms with van der Waals surface area (Å²) in [4.78, 5) is 17.2. The number of benzene rings is 2. The zero-order chi connectivity index (χ0) is 22.0. The molecule has 2 aromatic heterocycles. The first-order chi connectivity index (χ1) is 15.0. The van der Waals surface area contributed by atoms with E-state index in [9.17, 15) is 13.6 Å². The second-order valence-electron chi connectivity index (χ2n) is 7.16. The first-order valence-corrected chi connectivity index (χ1v) is 9.89. The lowest BCUT2D eigenvalue weighted by molar-refractivity contribution is 0.0516. The summed E-state index contributed by atoms with van der Waals surface area (Å²) in [6, 6.07) is 12.7. The van der Waals surface area contributed by atoms with Crippen LogP contribution in [0.1, 0.15) is 28.5 Å². The Hall–Kier alpha value is -3.74. The first kappa shape index (κ1) is 20.5. The van der Waals surface area contributed by atoms with Crippen molar-refractivity contribution < 1.29 is 18.3 Å². The zero-order valence-corrected chi connectivity index (χ0v) is 17.2. The van der Waals surface area contributed by atoms with Crippen molar-refractivity contribution >= 4 is 28.2 Å². The Morgan fingerprint density at radius 1 is 1.13 bits per heavy atom. The molecule has 0 atom stereocenters. The van der Waals surface area contributed by atoms with Crippen molar-refractivity contribution in [1.29, 1.82) is 0 Å². The molecule has 4 rings (SSSR count). The molecule has 2 heterocycles. The van der Waals surface area contributed by atoms with Gasteiger partial charge in [0.25, 0.3) is 0 Å². The standard InChI is InChI=1S/C24H21F2N3O2/c1-3-31-24(30)23-22(28-20-9-4-15(2)12-19(20)26)18-13-27-11-10-21(18)29(23)14-16-5-7-17(25)8-6-16/h4-13,28H,3,14H2,1-2H3. The Labute approximate surface area is 178 Å². The molecule has 0 spiro atoms. The highest BCUT2D eigenvalue weighted by Crippen LogP contribution is 2.35. The van der Waals surface area contributed by atoms with Gasteiger partial charge in [-0.05, 0) is 55.3 Å². The van der Waals surface area contributed by atoms with Crippen molar-refractivity contribution in [3.63, 3.8) is 0 Å². The van der Waals surface area contributed by atoms with E-state index in [1.54, 1.807) is 61.1 Å². The number of aryl methyl sites for hydroxylation is 1. The molecule has 0 saturated heterocycles. The number of hydrogen-bond acceptors (Lipinski definition) is 4. The van der Waals surface area contributed by atoms with Crippen molar-refractivity contribution in [3.8, 4) is 0 Å². The van der Waals surface area contributed by atoms with Crippen LogP contribution >= 0.6 is 0 Å². The summed E-state index contributed by atoms with van der Waals surface area (Å²) in [5, 5.41) is 3.71. The van der Waals surface area contributed by atoms with Crippen LogP contribution in [-0.2, 0) is 11.3 Å². The molecule has 2 aromatic carbocycles. The molecule has 158 valence electrons. The smallest absolute Gasteiger partial charge is 0.357 e. The average molecular weight is 421 g/mol. The predicted molar refractivity (Wildman–Crippen MR) is 116 cm³/mol. The highest BCUT2D eigenvalue weighted by atomic mass is 19.1. The van der Waals surface area contributed by atoms with Crippen LogP contribution in [0.5, 0.6) is 0 Å². The van der Waals surface area contributed by atoms with Gasteiger partial charge in [-0.1, -0.05) is 18.2 Å². The fourth-order valence-electron chi connectivity index (χ4n) is 3.53. The van der Waals surface area contributed by atoms with Crippen molar-refractivity contribution in [2.45, 2.75) is 20.4 Å². The average Bonchev–Trinajstić information content (AvgIpc) is 3.05. The van der Waals surface area contributed by atoms with Crippen LogP contribution in [-0.4, -0.2) is 22.1 Å². The topological polar surface area (TPSA) is 56.1 Å². The van der Waals surface area contributed by atoms with Crippen LogP contribution < -0.4 is 5.32 Å². The third-order valence-corrected chi connectivity index (χ3v) is 4.97. The number of nitrogens with zero attached hydrogens (tertiary/aromatic N) is 2. The molecule has 0 radical (unpaired) electrons. The second kappa shape index (κ2) is 8.55. The van der Waals surface area contributed by atoms with Gasteiger partial charge in [-0.25, -0.2) is 13.6 Å². The number of anilines is 2. The number of ether oxygens (including phenoxy) is 1. The predicted octanol–water partition coefficient (Wildman–Crippen LogP) is 5.59. The maximum Gasteiger partial charge on any atom is 0.357 e. The van der Waals surface area contributed by atoms with Gasteiger partial charge in [0.15, 0.2) is 5.69 Å². The van der Waals surface area contributed by atoms with Gasteiger partial charge in [0, 0.05) is 24.3 Å². The highest BCUT2D eigenvalue weighted by molar-refractivity contribution is 6.07. The maximum absolute atomic E-state index is 14.6. The molecule has 7 heteroatoms. The molecule has 0 aliphatic rings. The van der Waals surface area contributed by atoms with Gasteiger partial charge in [-0.2, -0.15) is 0 Å². The SMILES string of the molecule is CCOC(=O)c1c(Nc2ccc(C)cc2F)c2cnccc2n1Cc1ccc(F)cc1. The van der Waals surface area contributed by atoms with E-state index in [4.69, 9.17) is 4.74 Å². The van der Waals surface area contributed by atoms with Gasteiger partial charge in [0.05, 0.1) is 23.5 Å². The summed E-state index contributed by atoms with van der Waals surface area (Å²) in [5.41, 5.74) is 3.20. The second-order valence-corrected chi connectivity index (χ2v) is 7.16. The molecule has 0 amide bonds. The number of aromatic nitrogens is 2. The van der Waals surface area contributed by atoms with Gasteiger partial charge < -0.3 is 14.6 Å². The van der Waals surface area contributed by atoms with E-state index in [0.29, 0.717) is 17.6 Å². The van der Waals surface area contributed by atoms with Gasteiger partial charge in [-0.15, -0.1) is 0 Å². The van der Waals surface area contributed by atoms with Crippen molar-refractivity contribution in [3.05, 3.63) is 89.4 Å². The third kappa shape index (κ3) is 4.12. The van der Waals surface area contributed by atoms with E-state index in [2.05, 4.69) is 10.3 Å². The minimum absolute atomic E-state index is 0.188. The van der Waals surface area contributed by atoms with E-state index in [1.807, 2.05) is 0 Å². The molecule has 0 bridgehead atoms. The molecular weight excluding hydrogens is 400 g/mol. The number of halogens is 2. The molecule has 0 fully saturated rings. The molecular formula is C24H21F2N3O2. The molecule has 1 N–H and O–H groups in total. The summed E-state index contributed by atoms with van der Waals surface area (Å²) < 4.78 is 35.0. The number of fused-ring (bicyclic) bond motifs is 1. The first-order valence-electron chi connectivity index (χ1n) is 9.89. The maximum atomic E-state index is 14.6. The third-order valence-electron chi connectivity index (χ3n) is 4.97. The van der Waals surface area contributed by atoms with Crippen LogP contribution in [0.4, 0.5) is 20.2 Å². The Morgan fingerprint density at radius 2 is 1.90 bits per heavy atom. The minimum atomic E-state index is -0.546. The van der Waals surface area contributed by atoms with Gasteiger partial charge in [0.1, 0.15) is 11.6 Å². The fraction of sp³-hybridized carbons (Fsp3) is 0.167. The lowest BCUT2D eigenvalue weighted by Gasteiger charge is -2.13. The number of hydrogen-bond donors (Lipinski definition) is 1. The molecule has 5 nitrogen and oxygen atoms in total. The Morgan fingerprint density at radius 3 is 2.61 bits per heavy atom. The van der Waals surface area contributed by atoms with Gasteiger partial charge >= 0.3 is 5.97 Å². The quantitative estimate of drug-likeness (QED) is 0.412.